The molecule has 0 spiro atoms. The Bertz CT molecular complexity index is 568. The van der Waals surface area contributed by atoms with Crippen molar-refractivity contribution < 1.29 is 0 Å². The van der Waals surface area contributed by atoms with E-state index < -0.39 is 0 Å². The molecule has 0 radical (unpaired) electrons. The molecule has 1 aromatic carbocycles. The van der Waals surface area contributed by atoms with Crippen molar-refractivity contribution in [3.8, 4) is 0 Å². The van der Waals surface area contributed by atoms with Crippen molar-refractivity contribution in [3.63, 3.8) is 0 Å². The number of aromatic nitrogens is 1. The summed E-state index contributed by atoms with van der Waals surface area (Å²) in [7, 11) is 0. The largest absolute Gasteiger partial charge is 0.379 e. The molecule has 0 unspecified atom stereocenters. The van der Waals surface area contributed by atoms with Crippen molar-refractivity contribution in [1.82, 2.24) is 4.98 Å². The second-order valence-corrected chi connectivity index (χ2v) is 5.95. The van der Waals surface area contributed by atoms with E-state index >= 15 is 0 Å². The SMILES string of the molecule is Cc1cccc(NCc2ncc(Br)cc2Br)c1C. The fourth-order valence-corrected chi connectivity index (χ4v) is 2.82. The standard InChI is InChI=1S/C14H14Br2N2/c1-9-4-3-5-13(10(9)2)18-8-14-12(16)6-11(15)7-17-14/h3-7,18H,8H2,1-2H3. The number of hydrogen-bond acceptors (Lipinski definition) is 2. The van der Waals surface area contributed by atoms with Gasteiger partial charge in [0.1, 0.15) is 0 Å². The molecule has 2 rings (SSSR count). The normalized spacial score (nSPS) is 10.4. The van der Waals surface area contributed by atoms with Gasteiger partial charge in [-0.15, -0.1) is 0 Å². The Morgan fingerprint density at radius 2 is 2.00 bits per heavy atom. The highest BCUT2D eigenvalue weighted by Crippen LogP contribution is 2.22. The Balaban J connectivity index is 2.14. The highest BCUT2D eigenvalue weighted by atomic mass is 79.9. The van der Waals surface area contributed by atoms with E-state index in [0.717, 1.165) is 20.3 Å². The van der Waals surface area contributed by atoms with Crippen LogP contribution in [-0.4, -0.2) is 4.98 Å². The zero-order chi connectivity index (χ0) is 13.1. The molecule has 0 fully saturated rings. The van der Waals surface area contributed by atoms with Crippen LogP contribution in [0.25, 0.3) is 0 Å². The zero-order valence-electron chi connectivity index (χ0n) is 10.3. The van der Waals surface area contributed by atoms with Gasteiger partial charge in [-0.25, -0.2) is 0 Å². The first-order valence-corrected chi connectivity index (χ1v) is 7.26. The average Bonchev–Trinajstić information content (AvgIpc) is 2.33. The molecular weight excluding hydrogens is 356 g/mol. The Morgan fingerprint density at radius 3 is 2.72 bits per heavy atom. The van der Waals surface area contributed by atoms with Crippen LogP contribution in [0.4, 0.5) is 5.69 Å². The molecule has 1 aromatic heterocycles. The molecule has 0 saturated heterocycles. The minimum Gasteiger partial charge on any atom is -0.379 e. The smallest absolute Gasteiger partial charge is 0.0737 e. The number of anilines is 1. The molecular formula is C14H14Br2N2. The summed E-state index contributed by atoms with van der Waals surface area (Å²) in [5, 5.41) is 3.42. The van der Waals surface area contributed by atoms with Crippen molar-refractivity contribution in [2.45, 2.75) is 20.4 Å². The lowest BCUT2D eigenvalue weighted by molar-refractivity contribution is 1.02. The van der Waals surface area contributed by atoms with Crippen LogP contribution >= 0.6 is 31.9 Å². The van der Waals surface area contributed by atoms with Crippen LogP contribution in [0.1, 0.15) is 16.8 Å². The summed E-state index contributed by atoms with van der Waals surface area (Å²) in [4.78, 5) is 4.39. The van der Waals surface area contributed by atoms with Gasteiger partial charge in [0.2, 0.25) is 0 Å². The van der Waals surface area contributed by atoms with Crippen molar-refractivity contribution in [1.29, 1.82) is 0 Å². The third kappa shape index (κ3) is 3.12. The minimum absolute atomic E-state index is 0.707. The second kappa shape index (κ2) is 5.85. The third-order valence-corrected chi connectivity index (χ3v) is 4.06. The number of nitrogens with one attached hydrogen (secondary N) is 1. The Labute approximate surface area is 124 Å². The highest BCUT2D eigenvalue weighted by Gasteiger charge is 2.04. The first kappa shape index (κ1) is 13.6. The van der Waals surface area contributed by atoms with Gasteiger partial charge in [0.25, 0.3) is 0 Å². The first-order valence-electron chi connectivity index (χ1n) is 5.68. The van der Waals surface area contributed by atoms with E-state index in [1.165, 1.54) is 11.1 Å². The van der Waals surface area contributed by atoms with Crippen molar-refractivity contribution in [2.75, 3.05) is 5.32 Å². The van der Waals surface area contributed by atoms with Crippen molar-refractivity contribution >= 4 is 37.5 Å². The first-order chi connectivity index (χ1) is 8.58. The summed E-state index contributed by atoms with van der Waals surface area (Å²) < 4.78 is 1.99. The number of nitrogens with zero attached hydrogens (tertiary/aromatic N) is 1. The minimum atomic E-state index is 0.707. The van der Waals surface area contributed by atoms with E-state index in [9.17, 15) is 0 Å². The number of rotatable bonds is 3. The maximum atomic E-state index is 4.39. The van der Waals surface area contributed by atoms with Crippen LogP contribution in [0.5, 0.6) is 0 Å². The lowest BCUT2D eigenvalue weighted by Crippen LogP contribution is -2.04. The Morgan fingerprint density at radius 1 is 1.22 bits per heavy atom. The van der Waals surface area contributed by atoms with Gasteiger partial charge in [0.15, 0.2) is 0 Å². The number of aryl methyl sites for hydroxylation is 1. The summed E-state index contributed by atoms with van der Waals surface area (Å²) in [5.41, 5.74) is 4.74. The van der Waals surface area contributed by atoms with Gasteiger partial charge in [-0.05, 0) is 69.0 Å². The summed E-state index contributed by atoms with van der Waals surface area (Å²) in [5.74, 6) is 0. The van der Waals surface area contributed by atoms with Gasteiger partial charge >= 0.3 is 0 Å². The van der Waals surface area contributed by atoms with E-state index in [-0.39, 0.29) is 0 Å². The van der Waals surface area contributed by atoms with Gasteiger partial charge in [-0.3, -0.25) is 4.98 Å². The van der Waals surface area contributed by atoms with Crippen molar-refractivity contribution in [3.05, 3.63) is 56.2 Å². The monoisotopic (exact) mass is 368 g/mol. The molecule has 0 aliphatic rings. The topological polar surface area (TPSA) is 24.9 Å². The molecule has 0 bridgehead atoms. The lowest BCUT2D eigenvalue weighted by atomic mass is 10.1. The molecule has 1 N–H and O–H groups in total. The lowest BCUT2D eigenvalue weighted by Gasteiger charge is -2.12. The summed E-state index contributed by atoms with van der Waals surface area (Å²) in [6.45, 7) is 4.95. The molecule has 18 heavy (non-hydrogen) atoms. The molecule has 94 valence electrons. The van der Waals surface area contributed by atoms with Crippen LogP contribution in [0.3, 0.4) is 0 Å². The van der Waals surface area contributed by atoms with Gasteiger partial charge in [-0.2, -0.15) is 0 Å². The Hall–Kier alpha value is -0.870. The molecule has 0 aliphatic heterocycles. The van der Waals surface area contributed by atoms with Gasteiger partial charge < -0.3 is 5.32 Å². The average molecular weight is 370 g/mol. The van der Waals surface area contributed by atoms with Crippen LogP contribution < -0.4 is 5.32 Å². The summed E-state index contributed by atoms with van der Waals surface area (Å²) in [6, 6.07) is 8.28. The molecule has 0 saturated carbocycles. The fraction of sp³-hybridized carbons (Fsp3) is 0.214. The predicted octanol–water partition coefficient (Wildman–Crippen LogP) is 4.84. The molecule has 0 aliphatic carbocycles. The predicted molar refractivity (Wildman–Crippen MR) is 82.9 cm³/mol. The van der Waals surface area contributed by atoms with Crippen LogP contribution in [0.15, 0.2) is 39.4 Å². The second-order valence-electron chi connectivity index (χ2n) is 4.18. The summed E-state index contributed by atoms with van der Waals surface area (Å²) >= 11 is 6.92. The molecule has 2 nitrogen and oxygen atoms in total. The highest BCUT2D eigenvalue weighted by molar-refractivity contribution is 9.11. The van der Waals surface area contributed by atoms with Gasteiger partial charge in [-0.1, -0.05) is 12.1 Å². The molecule has 0 amide bonds. The van der Waals surface area contributed by atoms with Crippen LogP contribution in [0.2, 0.25) is 0 Å². The molecule has 1 heterocycles. The zero-order valence-corrected chi connectivity index (χ0v) is 13.5. The third-order valence-electron chi connectivity index (χ3n) is 2.93. The number of halogens is 2. The molecule has 0 atom stereocenters. The number of pyridine rings is 1. The quantitative estimate of drug-likeness (QED) is 0.837. The van der Waals surface area contributed by atoms with Crippen molar-refractivity contribution in [2.24, 2.45) is 0 Å². The van der Waals surface area contributed by atoms with Crippen LogP contribution in [-0.2, 0) is 6.54 Å². The van der Waals surface area contributed by atoms with Gasteiger partial charge in [0.05, 0.1) is 12.2 Å². The Kier molecular flexibility index (Phi) is 4.40. The van der Waals surface area contributed by atoms with Gasteiger partial charge in [0, 0.05) is 20.8 Å². The van der Waals surface area contributed by atoms with E-state index in [0.29, 0.717) is 6.54 Å². The maximum Gasteiger partial charge on any atom is 0.0737 e. The van der Waals surface area contributed by atoms with E-state index in [4.69, 9.17) is 0 Å². The number of benzene rings is 1. The fourth-order valence-electron chi connectivity index (χ4n) is 1.69. The van der Waals surface area contributed by atoms with Crippen LogP contribution in [0, 0.1) is 13.8 Å². The summed E-state index contributed by atoms with van der Waals surface area (Å²) in [6.07, 6.45) is 1.81. The van der Waals surface area contributed by atoms with E-state index in [1.54, 1.807) is 0 Å². The molecule has 4 heteroatoms. The number of hydrogen-bond donors (Lipinski definition) is 1. The van der Waals surface area contributed by atoms with E-state index in [1.807, 2.05) is 12.3 Å². The molecule has 2 aromatic rings. The maximum absolute atomic E-state index is 4.39. The van der Waals surface area contributed by atoms with E-state index in [2.05, 4.69) is 74.2 Å².